The van der Waals surface area contributed by atoms with Crippen LogP contribution >= 0.6 is 7.92 Å². The van der Waals surface area contributed by atoms with Gasteiger partial charge in [0.05, 0.1) is 4.90 Å². The molecule has 4 rings (SSSR count). The Balaban J connectivity index is 1.55. The molecule has 0 aromatic heterocycles. The van der Waals surface area contributed by atoms with Gasteiger partial charge in [-0.05, 0) is 54.7 Å². The van der Waals surface area contributed by atoms with Gasteiger partial charge in [0.15, 0.2) is 0 Å². The molecular formula is C18H19FNO2PS. The first-order chi connectivity index (χ1) is 11.4. The number of nitrogens with zero attached hydrogens (tertiary/aromatic N) is 1. The van der Waals surface area contributed by atoms with Crippen LogP contribution in [0.2, 0.25) is 0 Å². The molecule has 6 heteroatoms. The summed E-state index contributed by atoms with van der Waals surface area (Å²) in [6.07, 6.45) is 1.81. The van der Waals surface area contributed by atoms with Crippen LogP contribution in [0.5, 0.6) is 0 Å². The normalized spacial score (nSPS) is 26.8. The van der Waals surface area contributed by atoms with Crippen molar-refractivity contribution in [2.45, 2.75) is 29.9 Å². The third-order valence-electron chi connectivity index (χ3n) is 4.98. The monoisotopic (exact) mass is 363 g/mol. The van der Waals surface area contributed by atoms with Crippen molar-refractivity contribution < 1.29 is 12.8 Å². The standard InChI is InChI=1S/C18H19FNO2PS/c1-13-2-8-18(9-3-13)24(21,22)20-11-17-10-15(20)12-23(17)16-6-4-14(19)5-7-16/h2-9,15,17H,10-12H2,1H3/t15-,17-,23+/m0/s1. The Morgan fingerprint density at radius 1 is 1.08 bits per heavy atom. The topological polar surface area (TPSA) is 37.4 Å². The first-order valence-electron chi connectivity index (χ1n) is 8.06. The van der Waals surface area contributed by atoms with Gasteiger partial charge < -0.3 is 0 Å². The molecule has 0 radical (unpaired) electrons. The molecule has 126 valence electrons. The Morgan fingerprint density at radius 3 is 2.33 bits per heavy atom. The van der Waals surface area contributed by atoms with Gasteiger partial charge in [-0.3, -0.25) is 0 Å². The summed E-state index contributed by atoms with van der Waals surface area (Å²) in [5.41, 5.74) is 1.44. The van der Waals surface area contributed by atoms with E-state index in [1.54, 1.807) is 16.4 Å². The number of hydrogen-bond donors (Lipinski definition) is 0. The SMILES string of the molecule is Cc1ccc(S(=O)(=O)N2C[C@@H]3C[C@H]2C[P@]3c2ccc(F)cc2)cc1. The molecule has 2 heterocycles. The fourth-order valence-electron chi connectivity index (χ4n) is 3.72. The van der Waals surface area contributed by atoms with E-state index < -0.39 is 10.0 Å². The lowest BCUT2D eigenvalue weighted by atomic mass is 10.2. The van der Waals surface area contributed by atoms with Crippen LogP contribution in [0, 0.1) is 12.7 Å². The summed E-state index contributed by atoms with van der Waals surface area (Å²) < 4.78 is 40.6. The highest BCUT2D eigenvalue weighted by molar-refractivity contribution is 7.89. The second-order valence-electron chi connectivity index (χ2n) is 6.56. The summed E-state index contributed by atoms with van der Waals surface area (Å²) in [7, 11) is -3.80. The smallest absolute Gasteiger partial charge is 0.207 e. The number of aryl methyl sites for hydroxylation is 1. The molecule has 0 aliphatic carbocycles. The van der Waals surface area contributed by atoms with Crippen molar-refractivity contribution in [3.05, 3.63) is 59.9 Å². The van der Waals surface area contributed by atoms with Crippen LogP contribution in [0.1, 0.15) is 12.0 Å². The molecule has 0 unspecified atom stereocenters. The van der Waals surface area contributed by atoms with E-state index in [0.717, 1.165) is 18.1 Å². The van der Waals surface area contributed by atoms with E-state index in [1.807, 2.05) is 31.2 Å². The van der Waals surface area contributed by atoms with E-state index in [-0.39, 0.29) is 19.8 Å². The van der Waals surface area contributed by atoms with Gasteiger partial charge in [0.2, 0.25) is 10.0 Å². The molecular weight excluding hydrogens is 344 g/mol. The predicted octanol–water partition coefficient (Wildman–Crippen LogP) is 3.09. The van der Waals surface area contributed by atoms with E-state index in [1.165, 1.54) is 17.4 Å². The maximum atomic E-state index is 13.1. The molecule has 2 bridgehead atoms. The minimum atomic E-state index is -3.41. The van der Waals surface area contributed by atoms with Gasteiger partial charge in [-0.1, -0.05) is 37.8 Å². The highest BCUT2D eigenvalue weighted by atomic mass is 32.2. The van der Waals surface area contributed by atoms with E-state index >= 15 is 0 Å². The summed E-state index contributed by atoms with van der Waals surface area (Å²) >= 11 is 0. The van der Waals surface area contributed by atoms with Crippen LogP contribution in [0.3, 0.4) is 0 Å². The molecule has 0 N–H and O–H groups in total. The zero-order chi connectivity index (χ0) is 16.9. The molecule has 0 saturated carbocycles. The Morgan fingerprint density at radius 2 is 1.75 bits per heavy atom. The van der Waals surface area contributed by atoms with E-state index in [2.05, 4.69) is 0 Å². The van der Waals surface area contributed by atoms with E-state index in [9.17, 15) is 12.8 Å². The number of rotatable bonds is 3. The van der Waals surface area contributed by atoms with Gasteiger partial charge in [-0.25, -0.2) is 12.8 Å². The molecule has 3 nitrogen and oxygen atoms in total. The molecule has 2 aliphatic heterocycles. The predicted molar refractivity (Wildman–Crippen MR) is 95.1 cm³/mol. The van der Waals surface area contributed by atoms with Gasteiger partial charge in [-0.2, -0.15) is 4.31 Å². The lowest BCUT2D eigenvalue weighted by molar-refractivity contribution is 0.408. The van der Waals surface area contributed by atoms with Crippen LogP contribution in [0.4, 0.5) is 4.39 Å². The first-order valence-corrected chi connectivity index (χ1v) is 11.1. The van der Waals surface area contributed by atoms with Gasteiger partial charge in [0.1, 0.15) is 5.82 Å². The fourth-order valence-corrected chi connectivity index (χ4v) is 8.75. The minimum Gasteiger partial charge on any atom is -0.207 e. The van der Waals surface area contributed by atoms with Gasteiger partial charge in [-0.15, -0.1) is 0 Å². The van der Waals surface area contributed by atoms with Crippen LogP contribution < -0.4 is 5.30 Å². The summed E-state index contributed by atoms with van der Waals surface area (Å²) in [5, 5.41) is 1.19. The van der Waals surface area contributed by atoms with Crippen LogP contribution in [0.15, 0.2) is 53.4 Å². The zero-order valence-electron chi connectivity index (χ0n) is 13.4. The number of benzene rings is 2. The summed E-state index contributed by atoms with van der Waals surface area (Å²) in [6.45, 7) is 2.54. The van der Waals surface area contributed by atoms with Gasteiger partial charge >= 0.3 is 0 Å². The van der Waals surface area contributed by atoms with Crippen LogP contribution in [-0.4, -0.2) is 37.1 Å². The van der Waals surface area contributed by atoms with Crippen molar-refractivity contribution in [1.82, 2.24) is 4.31 Å². The molecule has 2 aromatic rings. The van der Waals surface area contributed by atoms with E-state index in [4.69, 9.17) is 0 Å². The minimum absolute atomic E-state index is 0.0810. The summed E-state index contributed by atoms with van der Waals surface area (Å²) in [4.78, 5) is 0.381. The Kier molecular flexibility index (Phi) is 3.98. The first kappa shape index (κ1) is 16.2. The number of halogens is 1. The van der Waals surface area contributed by atoms with E-state index in [0.29, 0.717) is 17.1 Å². The second kappa shape index (κ2) is 5.91. The molecule has 0 spiro atoms. The molecule has 2 aromatic carbocycles. The number of fused-ring (bicyclic) bond motifs is 2. The van der Waals surface area contributed by atoms with Crippen LogP contribution in [-0.2, 0) is 10.0 Å². The van der Waals surface area contributed by atoms with Crippen molar-refractivity contribution in [3.8, 4) is 0 Å². The quantitative estimate of drug-likeness (QED) is 0.786. The average Bonchev–Trinajstić information content (AvgIpc) is 3.17. The molecule has 0 amide bonds. The van der Waals surface area contributed by atoms with Crippen molar-refractivity contribution >= 4 is 23.2 Å². The average molecular weight is 363 g/mol. The third-order valence-corrected chi connectivity index (χ3v) is 9.94. The number of sulfonamides is 1. The largest absolute Gasteiger partial charge is 0.243 e. The van der Waals surface area contributed by atoms with Gasteiger partial charge in [0, 0.05) is 12.6 Å². The maximum Gasteiger partial charge on any atom is 0.243 e. The maximum absolute atomic E-state index is 13.1. The lowest BCUT2D eigenvalue weighted by Crippen LogP contribution is -2.40. The van der Waals surface area contributed by atoms with Crippen LogP contribution in [0.25, 0.3) is 0 Å². The molecule has 2 aliphatic rings. The fraction of sp³-hybridized carbons (Fsp3) is 0.333. The van der Waals surface area contributed by atoms with Crippen molar-refractivity contribution in [2.75, 3.05) is 12.7 Å². The lowest BCUT2D eigenvalue weighted by Gasteiger charge is -2.31. The van der Waals surface area contributed by atoms with Crippen molar-refractivity contribution in [2.24, 2.45) is 0 Å². The Bertz CT molecular complexity index is 852. The zero-order valence-corrected chi connectivity index (χ0v) is 15.1. The van der Waals surface area contributed by atoms with Crippen molar-refractivity contribution in [1.29, 1.82) is 0 Å². The second-order valence-corrected chi connectivity index (χ2v) is 11.0. The Hall–Kier alpha value is -1.29. The highest BCUT2D eigenvalue weighted by Gasteiger charge is 2.49. The molecule has 24 heavy (non-hydrogen) atoms. The molecule has 2 saturated heterocycles. The third kappa shape index (κ3) is 2.69. The molecule has 3 atom stereocenters. The summed E-state index contributed by atoms with van der Waals surface area (Å²) in [6, 6.07) is 13.9. The molecule has 2 fully saturated rings. The highest BCUT2D eigenvalue weighted by Crippen LogP contribution is 2.55. The number of hydrogen-bond acceptors (Lipinski definition) is 2. The Labute approximate surface area is 143 Å². The van der Waals surface area contributed by atoms with Crippen molar-refractivity contribution in [3.63, 3.8) is 0 Å². The van der Waals surface area contributed by atoms with Gasteiger partial charge in [0.25, 0.3) is 0 Å². The summed E-state index contributed by atoms with van der Waals surface area (Å²) in [5.74, 6) is -0.221.